The molecule has 1 rings (SSSR count). The molecular formula is C24H42O5. The largest absolute Gasteiger partial charge is 0.469 e. The molecule has 0 radical (unpaired) electrons. The zero-order chi connectivity index (χ0) is 21.7. The topological polar surface area (TPSA) is 83.8 Å². The quantitative estimate of drug-likeness (QED) is 0.232. The number of carbonyl (C=O) groups is 2. The summed E-state index contributed by atoms with van der Waals surface area (Å²) in [6, 6.07) is 0. The Hall–Kier alpha value is -1.20. The molecule has 5 heteroatoms. The monoisotopic (exact) mass is 410 g/mol. The number of hydrogen-bond acceptors (Lipinski definition) is 5. The van der Waals surface area contributed by atoms with Crippen LogP contribution in [0, 0.1) is 11.8 Å². The van der Waals surface area contributed by atoms with Crippen molar-refractivity contribution in [2.24, 2.45) is 11.8 Å². The molecule has 0 bridgehead atoms. The van der Waals surface area contributed by atoms with Gasteiger partial charge in [0, 0.05) is 24.7 Å². The average molecular weight is 411 g/mol. The van der Waals surface area contributed by atoms with Crippen molar-refractivity contribution in [1.29, 1.82) is 0 Å². The molecule has 0 aromatic carbocycles. The van der Waals surface area contributed by atoms with E-state index in [0.717, 1.165) is 51.4 Å². The molecule has 0 aromatic rings. The van der Waals surface area contributed by atoms with Crippen molar-refractivity contribution in [3.8, 4) is 0 Å². The third-order valence-electron chi connectivity index (χ3n) is 6.09. The number of unbranched alkanes of at least 4 members (excludes halogenated alkanes) is 6. The van der Waals surface area contributed by atoms with Gasteiger partial charge in [0.1, 0.15) is 5.78 Å². The second kappa shape index (κ2) is 13.9. The van der Waals surface area contributed by atoms with Gasteiger partial charge in [0.25, 0.3) is 0 Å². The van der Waals surface area contributed by atoms with Gasteiger partial charge in [-0.15, -0.1) is 0 Å². The van der Waals surface area contributed by atoms with E-state index in [4.69, 9.17) is 0 Å². The van der Waals surface area contributed by atoms with Crippen LogP contribution < -0.4 is 0 Å². The van der Waals surface area contributed by atoms with E-state index >= 15 is 0 Å². The predicted molar refractivity (Wildman–Crippen MR) is 115 cm³/mol. The lowest BCUT2D eigenvalue weighted by Gasteiger charge is -2.22. The average Bonchev–Trinajstić information content (AvgIpc) is 2.94. The maximum absolute atomic E-state index is 12.3. The van der Waals surface area contributed by atoms with Gasteiger partial charge in [-0.25, -0.2) is 0 Å². The first kappa shape index (κ1) is 25.8. The molecule has 0 amide bonds. The first-order chi connectivity index (χ1) is 13.8. The lowest BCUT2D eigenvalue weighted by molar-refractivity contribution is -0.140. The van der Waals surface area contributed by atoms with E-state index in [1.54, 1.807) is 0 Å². The Morgan fingerprint density at radius 1 is 1.17 bits per heavy atom. The van der Waals surface area contributed by atoms with Crippen molar-refractivity contribution in [3.63, 3.8) is 0 Å². The molecule has 1 aliphatic rings. The van der Waals surface area contributed by atoms with Gasteiger partial charge in [-0.3, -0.25) is 9.59 Å². The Kier molecular flexibility index (Phi) is 12.4. The summed E-state index contributed by atoms with van der Waals surface area (Å²) in [6.45, 7) is 4.04. The molecule has 0 aromatic heterocycles. The molecule has 1 unspecified atom stereocenters. The first-order valence-electron chi connectivity index (χ1n) is 11.5. The summed E-state index contributed by atoms with van der Waals surface area (Å²) >= 11 is 0. The van der Waals surface area contributed by atoms with Gasteiger partial charge in [0.05, 0.1) is 18.8 Å². The van der Waals surface area contributed by atoms with Crippen LogP contribution in [0.3, 0.4) is 0 Å². The van der Waals surface area contributed by atoms with Crippen molar-refractivity contribution in [2.75, 3.05) is 7.11 Å². The van der Waals surface area contributed by atoms with Gasteiger partial charge in [0.15, 0.2) is 0 Å². The molecule has 168 valence electrons. The van der Waals surface area contributed by atoms with E-state index < -0.39 is 11.7 Å². The number of carbonyl (C=O) groups excluding carboxylic acids is 2. The van der Waals surface area contributed by atoms with Crippen molar-refractivity contribution in [3.05, 3.63) is 12.2 Å². The van der Waals surface area contributed by atoms with E-state index in [0.29, 0.717) is 12.8 Å². The molecule has 0 aliphatic heterocycles. The van der Waals surface area contributed by atoms with E-state index in [-0.39, 0.29) is 30.0 Å². The number of hydrogen-bond donors (Lipinski definition) is 2. The number of ether oxygens (including phenoxy) is 1. The van der Waals surface area contributed by atoms with Gasteiger partial charge in [-0.05, 0) is 32.6 Å². The lowest BCUT2D eigenvalue weighted by Crippen LogP contribution is -2.23. The van der Waals surface area contributed by atoms with Crippen LogP contribution in [0.25, 0.3) is 0 Å². The molecular weight excluding hydrogens is 368 g/mol. The fourth-order valence-corrected chi connectivity index (χ4v) is 4.20. The third-order valence-corrected chi connectivity index (χ3v) is 6.09. The lowest BCUT2D eigenvalue weighted by atomic mass is 9.87. The molecule has 1 aliphatic carbocycles. The molecule has 4 atom stereocenters. The molecule has 0 saturated heterocycles. The van der Waals surface area contributed by atoms with Gasteiger partial charge in [-0.2, -0.15) is 0 Å². The Morgan fingerprint density at radius 2 is 1.86 bits per heavy atom. The number of esters is 1. The fraction of sp³-hybridized carbons (Fsp3) is 0.833. The molecule has 5 nitrogen and oxygen atoms in total. The molecule has 2 N–H and O–H groups in total. The molecule has 1 saturated carbocycles. The van der Waals surface area contributed by atoms with Crippen LogP contribution in [0.1, 0.15) is 97.3 Å². The molecule has 0 spiro atoms. The third kappa shape index (κ3) is 10.4. The highest BCUT2D eigenvalue weighted by molar-refractivity contribution is 5.84. The van der Waals surface area contributed by atoms with Crippen LogP contribution in [0.15, 0.2) is 12.2 Å². The Balaban J connectivity index is 2.40. The van der Waals surface area contributed by atoms with E-state index in [9.17, 15) is 19.8 Å². The zero-order valence-corrected chi connectivity index (χ0v) is 18.7. The Labute approximate surface area is 176 Å². The normalized spacial score (nSPS) is 24.2. The van der Waals surface area contributed by atoms with Crippen LogP contribution in [0.2, 0.25) is 0 Å². The fourth-order valence-electron chi connectivity index (χ4n) is 4.20. The SMILES string of the molecule is CCCCCCC(C)(O)CC=C[C@H]1[C@H](O)CC(=O)[C@@H]1CCCCCCC(=O)OC. The minimum absolute atomic E-state index is 0.128. The summed E-state index contributed by atoms with van der Waals surface area (Å²) < 4.78 is 4.63. The van der Waals surface area contributed by atoms with Gasteiger partial charge >= 0.3 is 5.97 Å². The smallest absolute Gasteiger partial charge is 0.305 e. The van der Waals surface area contributed by atoms with Crippen molar-refractivity contribution >= 4 is 11.8 Å². The second-order valence-electron chi connectivity index (χ2n) is 8.89. The van der Waals surface area contributed by atoms with Crippen LogP contribution in [-0.4, -0.2) is 40.8 Å². The minimum Gasteiger partial charge on any atom is -0.469 e. The molecule has 29 heavy (non-hydrogen) atoms. The number of ketones is 1. The van der Waals surface area contributed by atoms with Crippen LogP contribution >= 0.6 is 0 Å². The Bertz CT molecular complexity index is 511. The highest BCUT2D eigenvalue weighted by Crippen LogP contribution is 2.34. The predicted octanol–water partition coefficient (Wildman–Crippen LogP) is 4.73. The van der Waals surface area contributed by atoms with Gasteiger partial charge < -0.3 is 14.9 Å². The summed E-state index contributed by atoms with van der Waals surface area (Å²) in [6.07, 6.45) is 14.3. The summed E-state index contributed by atoms with van der Waals surface area (Å²) in [7, 11) is 1.40. The van der Waals surface area contributed by atoms with Crippen molar-refractivity contribution in [2.45, 2.75) is 109 Å². The highest BCUT2D eigenvalue weighted by atomic mass is 16.5. The number of aliphatic hydroxyl groups is 2. The Morgan fingerprint density at radius 3 is 2.55 bits per heavy atom. The maximum atomic E-state index is 12.3. The first-order valence-corrected chi connectivity index (χ1v) is 11.5. The number of aliphatic hydroxyl groups excluding tert-OH is 1. The summed E-state index contributed by atoms with van der Waals surface area (Å²) in [4.78, 5) is 23.4. The zero-order valence-electron chi connectivity index (χ0n) is 18.7. The van der Waals surface area contributed by atoms with E-state index in [1.165, 1.54) is 20.0 Å². The summed E-state index contributed by atoms with van der Waals surface area (Å²) in [5, 5.41) is 20.8. The van der Waals surface area contributed by atoms with Gasteiger partial charge in [-0.1, -0.05) is 64.0 Å². The van der Waals surface area contributed by atoms with E-state index in [1.807, 2.05) is 19.1 Å². The van der Waals surface area contributed by atoms with Crippen LogP contribution in [-0.2, 0) is 14.3 Å². The van der Waals surface area contributed by atoms with Crippen LogP contribution in [0.5, 0.6) is 0 Å². The highest BCUT2D eigenvalue weighted by Gasteiger charge is 2.39. The van der Waals surface area contributed by atoms with Crippen molar-refractivity contribution < 1.29 is 24.5 Å². The van der Waals surface area contributed by atoms with E-state index in [2.05, 4.69) is 11.7 Å². The summed E-state index contributed by atoms with van der Waals surface area (Å²) in [5.74, 6) is -0.302. The van der Waals surface area contributed by atoms with Crippen LogP contribution in [0.4, 0.5) is 0 Å². The number of rotatable bonds is 15. The maximum Gasteiger partial charge on any atom is 0.305 e. The minimum atomic E-state index is -0.729. The second-order valence-corrected chi connectivity index (χ2v) is 8.89. The molecule has 1 fully saturated rings. The molecule has 0 heterocycles. The standard InChI is InChI=1S/C24H42O5/c1-4-5-6-11-16-24(2,28)17-12-14-20-19(21(25)18-22(20)26)13-9-7-8-10-15-23(27)29-3/h12,14,19-20,22,26,28H,4-11,13,15-18H2,1-3H3/t19-,20-,22-,24?/m1/s1. The van der Waals surface area contributed by atoms with Gasteiger partial charge in [0.2, 0.25) is 0 Å². The summed E-state index contributed by atoms with van der Waals surface area (Å²) in [5.41, 5.74) is -0.729. The number of Topliss-reactive ketones (excluding diaryl/α,β-unsaturated/α-hetero) is 1. The number of methoxy groups -OCH3 is 1. The van der Waals surface area contributed by atoms with Crippen molar-refractivity contribution in [1.82, 2.24) is 0 Å².